The summed E-state index contributed by atoms with van der Waals surface area (Å²) in [6.07, 6.45) is 3.86. The van der Waals surface area contributed by atoms with Crippen molar-refractivity contribution >= 4 is 5.96 Å². The molecule has 0 amide bonds. The molecule has 0 spiro atoms. The summed E-state index contributed by atoms with van der Waals surface area (Å²) in [5.41, 5.74) is 2.21. The van der Waals surface area contributed by atoms with Crippen LogP contribution in [0.2, 0.25) is 0 Å². The minimum atomic E-state index is 0.510. The maximum Gasteiger partial charge on any atom is 0.213 e. The normalized spacial score (nSPS) is 11.3. The van der Waals surface area contributed by atoms with Gasteiger partial charge in [0.1, 0.15) is 6.61 Å². The molecule has 0 aliphatic carbocycles. The monoisotopic (exact) mass is 370 g/mol. The zero-order valence-corrected chi connectivity index (χ0v) is 16.3. The summed E-state index contributed by atoms with van der Waals surface area (Å²) >= 11 is 0. The van der Waals surface area contributed by atoms with Crippen molar-refractivity contribution in [2.24, 2.45) is 4.99 Å². The SMILES string of the molecule is CCOCCCCNC(=NC)NCc1ccnc(OCc2ccccc2)c1. The topological polar surface area (TPSA) is 67.8 Å². The van der Waals surface area contributed by atoms with Crippen LogP contribution in [0.15, 0.2) is 53.7 Å². The highest BCUT2D eigenvalue weighted by Gasteiger charge is 2.02. The van der Waals surface area contributed by atoms with Crippen LogP contribution in [-0.4, -0.2) is 37.7 Å². The Kier molecular flexibility index (Phi) is 9.74. The van der Waals surface area contributed by atoms with Gasteiger partial charge in [-0.05, 0) is 37.0 Å². The highest BCUT2D eigenvalue weighted by atomic mass is 16.5. The van der Waals surface area contributed by atoms with Crippen LogP contribution in [0.4, 0.5) is 0 Å². The first kappa shape index (κ1) is 20.7. The molecule has 0 saturated carbocycles. The lowest BCUT2D eigenvalue weighted by Crippen LogP contribution is -2.37. The Hall–Kier alpha value is -2.60. The number of aliphatic imine (C=N–C) groups is 1. The standard InChI is InChI=1S/C21H30N4O2/c1-3-26-14-8-7-12-24-21(22-2)25-16-19-11-13-23-20(15-19)27-17-18-9-5-4-6-10-18/h4-6,9-11,13,15H,3,7-8,12,14,16-17H2,1-2H3,(H2,22,24,25). The molecule has 1 aromatic carbocycles. The number of hydrogen-bond acceptors (Lipinski definition) is 4. The Bertz CT molecular complexity index is 677. The highest BCUT2D eigenvalue weighted by Crippen LogP contribution is 2.11. The van der Waals surface area contributed by atoms with Gasteiger partial charge < -0.3 is 20.1 Å². The molecule has 146 valence electrons. The predicted octanol–water partition coefficient (Wildman–Crippen LogP) is 3.14. The first-order valence-corrected chi connectivity index (χ1v) is 9.45. The van der Waals surface area contributed by atoms with Gasteiger partial charge in [0.05, 0.1) is 0 Å². The molecule has 0 unspecified atom stereocenters. The number of unbranched alkanes of at least 4 members (excludes halogenated alkanes) is 1. The van der Waals surface area contributed by atoms with E-state index in [9.17, 15) is 0 Å². The highest BCUT2D eigenvalue weighted by molar-refractivity contribution is 5.79. The van der Waals surface area contributed by atoms with Crippen LogP contribution in [0.25, 0.3) is 0 Å². The van der Waals surface area contributed by atoms with E-state index in [0.717, 1.165) is 49.7 Å². The van der Waals surface area contributed by atoms with E-state index < -0.39 is 0 Å². The quantitative estimate of drug-likeness (QED) is 0.361. The summed E-state index contributed by atoms with van der Waals surface area (Å²) < 4.78 is 11.1. The maximum absolute atomic E-state index is 5.78. The fraction of sp³-hybridized carbons (Fsp3) is 0.429. The van der Waals surface area contributed by atoms with Crippen molar-refractivity contribution in [1.82, 2.24) is 15.6 Å². The van der Waals surface area contributed by atoms with E-state index in [2.05, 4.69) is 20.6 Å². The maximum atomic E-state index is 5.78. The second-order valence-electron chi connectivity index (χ2n) is 6.03. The number of benzene rings is 1. The summed E-state index contributed by atoms with van der Waals surface area (Å²) in [5.74, 6) is 1.41. The zero-order valence-electron chi connectivity index (χ0n) is 16.3. The molecule has 0 bridgehead atoms. The second kappa shape index (κ2) is 12.7. The number of aromatic nitrogens is 1. The van der Waals surface area contributed by atoms with Gasteiger partial charge in [0, 0.05) is 45.6 Å². The van der Waals surface area contributed by atoms with E-state index in [0.29, 0.717) is 19.0 Å². The fourth-order valence-corrected chi connectivity index (χ4v) is 2.46. The number of ether oxygens (including phenoxy) is 2. The summed E-state index contributed by atoms with van der Waals surface area (Å²) in [5, 5.41) is 6.63. The Labute approximate surface area is 162 Å². The Morgan fingerprint density at radius 2 is 1.93 bits per heavy atom. The van der Waals surface area contributed by atoms with Gasteiger partial charge in [-0.2, -0.15) is 0 Å². The smallest absolute Gasteiger partial charge is 0.213 e. The molecule has 2 rings (SSSR count). The summed E-state index contributed by atoms with van der Waals surface area (Å²) in [4.78, 5) is 8.53. The predicted molar refractivity (Wildman–Crippen MR) is 109 cm³/mol. The summed E-state index contributed by atoms with van der Waals surface area (Å²) in [7, 11) is 1.77. The molecule has 0 radical (unpaired) electrons. The Balaban J connectivity index is 1.72. The van der Waals surface area contributed by atoms with E-state index in [4.69, 9.17) is 9.47 Å². The van der Waals surface area contributed by atoms with Crippen molar-refractivity contribution in [1.29, 1.82) is 0 Å². The second-order valence-corrected chi connectivity index (χ2v) is 6.03. The van der Waals surface area contributed by atoms with Crippen LogP contribution < -0.4 is 15.4 Å². The number of nitrogens with zero attached hydrogens (tertiary/aromatic N) is 2. The fourth-order valence-electron chi connectivity index (χ4n) is 2.46. The molecule has 1 heterocycles. The number of nitrogens with one attached hydrogen (secondary N) is 2. The van der Waals surface area contributed by atoms with Crippen molar-refractivity contribution in [2.75, 3.05) is 26.8 Å². The van der Waals surface area contributed by atoms with E-state index in [1.165, 1.54) is 0 Å². The first-order chi connectivity index (χ1) is 13.3. The van der Waals surface area contributed by atoms with Crippen LogP contribution in [0.1, 0.15) is 30.9 Å². The molecule has 2 N–H and O–H groups in total. The molecule has 0 atom stereocenters. The average molecular weight is 370 g/mol. The van der Waals surface area contributed by atoms with E-state index in [-0.39, 0.29) is 0 Å². The minimum Gasteiger partial charge on any atom is -0.473 e. The van der Waals surface area contributed by atoms with Crippen molar-refractivity contribution in [3.8, 4) is 5.88 Å². The Morgan fingerprint density at radius 3 is 2.70 bits per heavy atom. The number of pyridine rings is 1. The summed E-state index contributed by atoms with van der Waals surface area (Å²) in [6.45, 7) is 5.64. The third-order valence-electron chi connectivity index (χ3n) is 3.92. The minimum absolute atomic E-state index is 0.510. The number of guanidine groups is 1. The molecular weight excluding hydrogens is 340 g/mol. The third kappa shape index (κ3) is 8.55. The molecule has 0 saturated heterocycles. The number of rotatable bonds is 11. The van der Waals surface area contributed by atoms with Crippen LogP contribution in [-0.2, 0) is 17.9 Å². The van der Waals surface area contributed by atoms with Crippen molar-refractivity contribution < 1.29 is 9.47 Å². The van der Waals surface area contributed by atoms with Crippen molar-refractivity contribution in [3.05, 3.63) is 59.8 Å². The van der Waals surface area contributed by atoms with Crippen LogP contribution in [0.5, 0.6) is 5.88 Å². The van der Waals surface area contributed by atoms with Crippen LogP contribution >= 0.6 is 0 Å². The molecule has 27 heavy (non-hydrogen) atoms. The van der Waals surface area contributed by atoms with E-state index >= 15 is 0 Å². The molecule has 1 aromatic heterocycles. The van der Waals surface area contributed by atoms with Gasteiger partial charge in [-0.1, -0.05) is 30.3 Å². The first-order valence-electron chi connectivity index (χ1n) is 9.45. The Morgan fingerprint density at radius 1 is 1.07 bits per heavy atom. The average Bonchev–Trinajstić information content (AvgIpc) is 2.72. The molecule has 2 aromatic rings. The van der Waals surface area contributed by atoms with Gasteiger partial charge in [-0.3, -0.25) is 4.99 Å². The zero-order chi connectivity index (χ0) is 19.2. The molecule has 6 heteroatoms. The van der Waals surface area contributed by atoms with Gasteiger partial charge >= 0.3 is 0 Å². The molecule has 0 aliphatic heterocycles. The lowest BCUT2D eigenvalue weighted by molar-refractivity contribution is 0.143. The summed E-state index contributed by atoms with van der Waals surface area (Å²) in [6, 6.07) is 14.0. The van der Waals surface area contributed by atoms with E-state index in [1.807, 2.05) is 49.4 Å². The molecule has 0 fully saturated rings. The molecular formula is C21H30N4O2. The largest absolute Gasteiger partial charge is 0.473 e. The third-order valence-corrected chi connectivity index (χ3v) is 3.92. The van der Waals surface area contributed by atoms with E-state index in [1.54, 1.807) is 13.2 Å². The van der Waals surface area contributed by atoms with Gasteiger partial charge in [0.25, 0.3) is 0 Å². The van der Waals surface area contributed by atoms with Gasteiger partial charge in [0.2, 0.25) is 5.88 Å². The van der Waals surface area contributed by atoms with Crippen LogP contribution in [0.3, 0.4) is 0 Å². The lowest BCUT2D eigenvalue weighted by Gasteiger charge is -2.12. The van der Waals surface area contributed by atoms with Crippen molar-refractivity contribution in [2.45, 2.75) is 32.9 Å². The van der Waals surface area contributed by atoms with Gasteiger partial charge in [-0.25, -0.2) is 4.98 Å². The van der Waals surface area contributed by atoms with Crippen LogP contribution in [0, 0.1) is 0 Å². The molecule has 0 aliphatic rings. The van der Waals surface area contributed by atoms with Crippen molar-refractivity contribution in [3.63, 3.8) is 0 Å². The lowest BCUT2D eigenvalue weighted by atomic mass is 10.2. The number of hydrogen-bond donors (Lipinski definition) is 2. The van der Waals surface area contributed by atoms with Gasteiger partial charge in [0.15, 0.2) is 5.96 Å². The van der Waals surface area contributed by atoms with Gasteiger partial charge in [-0.15, -0.1) is 0 Å². The molecule has 6 nitrogen and oxygen atoms in total.